The van der Waals surface area contributed by atoms with Gasteiger partial charge < -0.3 is 9.80 Å². The molecule has 0 saturated heterocycles. The molecule has 172 valence electrons. The number of hydrogen-bond donors (Lipinski definition) is 0. The second kappa shape index (κ2) is 10.8. The highest BCUT2D eigenvalue weighted by Crippen LogP contribution is 2.32. The summed E-state index contributed by atoms with van der Waals surface area (Å²) >= 11 is 6.38. The fourth-order valence-corrected chi connectivity index (χ4v) is 4.84. The molecule has 1 amide bonds. The number of nitrogens with zero attached hydrogens (tertiary/aromatic N) is 3. The maximum Gasteiger partial charge on any atom is 0.223 e. The number of amides is 1. The van der Waals surface area contributed by atoms with Crippen LogP contribution in [0.5, 0.6) is 0 Å². The number of fused-ring (bicyclic) bond motifs is 1. The molecule has 2 aliphatic rings. The predicted octanol–water partition coefficient (Wildman–Crippen LogP) is 4.63. The van der Waals surface area contributed by atoms with Gasteiger partial charge in [0.2, 0.25) is 5.91 Å². The van der Waals surface area contributed by atoms with Crippen molar-refractivity contribution in [1.29, 1.82) is 0 Å². The Bertz CT molecular complexity index is 925. The van der Waals surface area contributed by atoms with Crippen LogP contribution in [0.2, 0.25) is 5.02 Å². The van der Waals surface area contributed by atoms with E-state index in [1.807, 2.05) is 43.3 Å². The molecule has 0 spiro atoms. The highest BCUT2D eigenvalue weighted by molar-refractivity contribution is 6.31. The molecule has 4 rings (SSSR count). The topological polar surface area (TPSA) is 26.8 Å². The summed E-state index contributed by atoms with van der Waals surface area (Å²) in [5, 5.41) is 0.725. The Morgan fingerprint density at radius 2 is 1.84 bits per heavy atom. The minimum absolute atomic E-state index is 0.204. The Hall–Kier alpha value is -1.88. The van der Waals surface area contributed by atoms with Crippen LogP contribution in [0.4, 0.5) is 0 Å². The lowest BCUT2D eigenvalue weighted by Gasteiger charge is -2.30. The Balaban J connectivity index is 1.39. The Morgan fingerprint density at radius 3 is 2.59 bits per heavy atom. The van der Waals surface area contributed by atoms with E-state index in [1.165, 1.54) is 36.1 Å². The molecule has 5 heteroatoms. The molecule has 1 fully saturated rings. The monoisotopic (exact) mass is 453 g/mol. The highest BCUT2D eigenvalue weighted by atomic mass is 35.5. The van der Waals surface area contributed by atoms with E-state index in [0.717, 1.165) is 49.0 Å². The average Bonchev–Trinajstić information content (AvgIpc) is 3.59. The molecule has 1 heterocycles. The fourth-order valence-electron chi connectivity index (χ4n) is 4.65. The van der Waals surface area contributed by atoms with Gasteiger partial charge in [-0.15, -0.1) is 0 Å². The molecule has 0 bridgehead atoms. The zero-order valence-electron chi connectivity index (χ0n) is 19.5. The Labute approximate surface area is 198 Å². The lowest BCUT2D eigenvalue weighted by Crippen LogP contribution is -2.36. The van der Waals surface area contributed by atoms with Gasteiger partial charge in [-0.3, -0.25) is 9.69 Å². The van der Waals surface area contributed by atoms with Crippen molar-refractivity contribution in [1.82, 2.24) is 14.7 Å². The molecule has 1 aliphatic heterocycles. The molecule has 2 aromatic rings. The van der Waals surface area contributed by atoms with Gasteiger partial charge in [-0.05, 0) is 74.0 Å². The van der Waals surface area contributed by atoms with Crippen LogP contribution in [-0.4, -0.2) is 60.9 Å². The molecule has 2 aromatic carbocycles. The summed E-state index contributed by atoms with van der Waals surface area (Å²) in [6, 6.07) is 14.5. The lowest BCUT2D eigenvalue weighted by molar-refractivity contribution is -0.131. The maximum atomic E-state index is 13.2. The van der Waals surface area contributed by atoms with E-state index >= 15 is 0 Å². The Morgan fingerprint density at radius 1 is 1.06 bits per heavy atom. The van der Waals surface area contributed by atoms with E-state index in [4.69, 9.17) is 11.6 Å². The first-order valence-electron chi connectivity index (χ1n) is 12.0. The molecule has 4 nitrogen and oxygen atoms in total. The minimum Gasteiger partial charge on any atom is -0.337 e. The Kier molecular flexibility index (Phi) is 7.88. The molecular weight excluding hydrogens is 418 g/mol. The van der Waals surface area contributed by atoms with Gasteiger partial charge >= 0.3 is 0 Å². The van der Waals surface area contributed by atoms with E-state index in [-0.39, 0.29) is 5.91 Å². The number of benzene rings is 2. The zero-order chi connectivity index (χ0) is 22.5. The van der Waals surface area contributed by atoms with Crippen molar-refractivity contribution >= 4 is 17.5 Å². The summed E-state index contributed by atoms with van der Waals surface area (Å²) in [5.74, 6) is 1.14. The predicted molar refractivity (Wildman–Crippen MR) is 132 cm³/mol. The summed E-state index contributed by atoms with van der Waals surface area (Å²) in [6.45, 7) is 5.58. The number of carbonyl (C=O) groups excluding carboxylic acids is 1. The number of hydrogen-bond acceptors (Lipinski definition) is 3. The second-order valence-electron chi connectivity index (χ2n) is 9.69. The number of likely N-dealkylation sites (N-methyl/N-ethyl adjacent to an activating group) is 1. The van der Waals surface area contributed by atoms with Gasteiger partial charge in [0, 0.05) is 50.7 Å². The van der Waals surface area contributed by atoms with Gasteiger partial charge in [-0.25, -0.2) is 0 Å². The van der Waals surface area contributed by atoms with E-state index in [2.05, 4.69) is 28.0 Å². The van der Waals surface area contributed by atoms with Crippen molar-refractivity contribution in [3.63, 3.8) is 0 Å². The van der Waals surface area contributed by atoms with Crippen LogP contribution in [0, 0.1) is 5.92 Å². The van der Waals surface area contributed by atoms with Gasteiger partial charge in [0.25, 0.3) is 0 Å². The van der Waals surface area contributed by atoms with Gasteiger partial charge in [0.1, 0.15) is 0 Å². The quantitative estimate of drug-likeness (QED) is 0.524. The number of carbonyl (C=O) groups is 1. The van der Waals surface area contributed by atoms with Crippen molar-refractivity contribution in [2.75, 3.05) is 40.3 Å². The smallest absolute Gasteiger partial charge is 0.223 e. The molecular formula is C27H36ClN3O. The fraction of sp³-hybridized carbons (Fsp3) is 0.519. The van der Waals surface area contributed by atoms with Crippen LogP contribution in [0.25, 0.3) is 0 Å². The van der Waals surface area contributed by atoms with Crippen molar-refractivity contribution in [2.45, 2.75) is 45.2 Å². The molecule has 1 saturated carbocycles. The molecule has 0 atom stereocenters. The van der Waals surface area contributed by atoms with Gasteiger partial charge in [-0.1, -0.05) is 48.0 Å². The van der Waals surface area contributed by atoms with Crippen molar-refractivity contribution < 1.29 is 4.79 Å². The van der Waals surface area contributed by atoms with Gasteiger partial charge in [0.15, 0.2) is 0 Å². The van der Waals surface area contributed by atoms with Crippen LogP contribution in [0.3, 0.4) is 0 Å². The summed E-state index contributed by atoms with van der Waals surface area (Å²) in [5.41, 5.74) is 5.31. The van der Waals surface area contributed by atoms with Crippen molar-refractivity contribution in [2.24, 2.45) is 5.92 Å². The van der Waals surface area contributed by atoms with Crippen LogP contribution in [0.1, 0.15) is 41.5 Å². The number of rotatable bonds is 10. The summed E-state index contributed by atoms with van der Waals surface area (Å²) in [7, 11) is 4.09. The summed E-state index contributed by atoms with van der Waals surface area (Å²) in [6.07, 6.45) is 5.27. The summed E-state index contributed by atoms with van der Waals surface area (Å²) in [4.78, 5) is 19.9. The van der Waals surface area contributed by atoms with Crippen LogP contribution < -0.4 is 0 Å². The van der Waals surface area contributed by atoms with Crippen LogP contribution in [0.15, 0.2) is 42.5 Å². The van der Waals surface area contributed by atoms with E-state index < -0.39 is 0 Å². The van der Waals surface area contributed by atoms with Crippen LogP contribution >= 0.6 is 11.6 Å². The molecule has 1 aliphatic carbocycles. The van der Waals surface area contributed by atoms with Crippen molar-refractivity contribution in [3.05, 3.63) is 69.7 Å². The van der Waals surface area contributed by atoms with E-state index in [1.54, 1.807) is 0 Å². The third-order valence-electron chi connectivity index (χ3n) is 6.75. The van der Waals surface area contributed by atoms with Crippen molar-refractivity contribution in [3.8, 4) is 0 Å². The first-order valence-corrected chi connectivity index (χ1v) is 12.4. The molecule has 0 radical (unpaired) electrons. The lowest BCUT2D eigenvalue weighted by atomic mass is 9.92. The first kappa shape index (κ1) is 23.3. The number of halogens is 1. The summed E-state index contributed by atoms with van der Waals surface area (Å²) < 4.78 is 0. The molecule has 32 heavy (non-hydrogen) atoms. The maximum absolute atomic E-state index is 13.2. The second-order valence-corrected chi connectivity index (χ2v) is 10.1. The molecule has 0 aromatic heterocycles. The van der Waals surface area contributed by atoms with Crippen LogP contribution in [-0.2, 0) is 30.7 Å². The SMILES string of the molecule is CN(C)CCN(Cc1ccccc1Cl)C(=O)CCc1cccc2c1CCN(CC1CC1)C2. The zero-order valence-corrected chi connectivity index (χ0v) is 20.3. The van der Waals surface area contributed by atoms with Gasteiger partial charge in [-0.2, -0.15) is 0 Å². The average molecular weight is 454 g/mol. The third-order valence-corrected chi connectivity index (χ3v) is 7.12. The molecule has 0 N–H and O–H groups in total. The largest absolute Gasteiger partial charge is 0.337 e. The first-order chi connectivity index (χ1) is 15.5. The molecule has 0 unspecified atom stereocenters. The third kappa shape index (κ3) is 6.34. The standard InChI is InChI=1S/C27H36ClN3O/c1-29(2)16-17-31(20-24-6-3-4-9-26(24)28)27(32)13-12-22-7-5-8-23-19-30(15-14-25(22)23)18-21-10-11-21/h3-9,21H,10-20H2,1-2H3. The van der Waals surface area contributed by atoms with E-state index in [0.29, 0.717) is 19.5 Å². The number of aryl methyl sites for hydroxylation is 1. The normalized spacial score (nSPS) is 16.2. The minimum atomic E-state index is 0.204. The van der Waals surface area contributed by atoms with Gasteiger partial charge in [0.05, 0.1) is 0 Å². The highest BCUT2D eigenvalue weighted by Gasteiger charge is 2.27. The van der Waals surface area contributed by atoms with E-state index in [9.17, 15) is 4.79 Å².